The van der Waals surface area contributed by atoms with Gasteiger partial charge >= 0.3 is 0 Å². The van der Waals surface area contributed by atoms with Gasteiger partial charge in [0.2, 0.25) is 5.91 Å². The lowest BCUT2D eigenvalue weighted by Crippen LogP contribution is -2.47. The Hall–Kier alpha value is -1.69. The van der Waals surface area contributed by atoms with Gasteiger partial charge in [0.1, 0.15) is 11.6 Å². The zero-order chi connectivity index (χ0) is 17.5. The summed E-state index contributed by atoms with van der Waals surface area (Å²) in [5, 5.41) is 5.64. The smallest absolute Gasteiger partial charge is 0.237 e. The van der Waals surface area contributed by atoms with Crippen LogP contribution in [0.4, 0.5) is 14.5 Å². The van der Waals surface area contributed by atoms with E-state index in [1.807, 2.05) is 0 Å². The molecule has 134 valence electrons. The summed E-state index contributed by atoms with van der Waals surface area (Å²) in [6.45, 7) is 2.09. The molecule has 0 radical (unpaired) electrons. The summed E-state index contributed by atoms with van der Waals surface area (Å²) >= 11 is 0. The number of carbonyl (C=O) groups is 1. The second kappa shape index (κ2) is 8.97. The summed E-state index contributed by atoms with van der Waals surface area (Å²) in [6, 6.07) is 2.48. The fourth-order valence-electron chi connectivity index (χ4n) is 3.19. The molecule has 2 rings (SSSR count). The number of rotatable bonds is 7. The Morgan fingerprint density at radius 3 is 2.71 bits per heavy atom. The molecule has 0 aliphatic heterocycles. The lowest BCUT2D eigenvalue weighted by Gasteiger charge is -2.25. The van der Waals surface area contributed by atoms with Gasteiger partial charge in [-0.15, -0.1) is 0 Å². The van der Waals surface area contributed by atoms with Crippen molar-refractivity contribution in [2.45, 2.75) is 57.5 Å². The van der Waals surface area contributed by atoms with E-state index in [0.717, 1.165) is 31.0 Å². The van der Waals surface area contributed by atoms with Crippen molar-refractivity contribution in [3.63, 3.8) is 0 Å². The largest absolute Gasteiger partial charge is 0.381 e. The molecule has 4 N–H and O–H groups in total. The summed E-state index contributed by atoms with van der Waals surface area (Å²) in [6.07, 6.45) is 6.73. The molecule has 0 saturated heterocycles. The number of hydrogen-bond acceptors (Lipinski definition) is 3. The maximum absolute atomic E-state index is 13.5. The van der Waals surface area contributed by atoms with Crippen LogP contribution >= 0.6 is 0 Å². The van der Waals surface area contributed by atoms with Crippen LogP contribution in [-0.2, 0) is 4.79 Å². The number of amides is 1. The number of nitrogens with two attached hydrogens (primary N) is 1. The third kappa shape index (κ3) is 5.74. The molecule has 2 atom stereocenters. The fourth-order valence-corrected chi connectivity index (χ4v) is 3.19. The second-order valence-corrected chi connectivity index (χ2v) is 6.76. The zero-order valence-electron chi connectivity index (χ0n) is 14.2. The molecule has 0 unspecified atom stereocenters. The number of nitrogens with one attached hydrogen (secondary N) is 2. The van der Waals surface area contributed by atoms with Crippen molar-refractivity contribution in [1.29, 1.82) is 0 Å². The quantitative estimate of drug-likeness (QED) is 0.715. The molecule has 0 bridgehead atoms. The Bertz CT molecular complexity index is 547. The number of benzene rings is 1. The van der Waals surface area contributed by atoms with Gasteiger partial charge in [-0.1, -0.05) is 32.1 Å². The monoisotopic (exact) mass is 339 g/mol. The van der Waals surface area contributed by atoms with E-state index in [1.165, 1.54) is 19.3 Å². The molecule has 1 amide bonds. The van der Waals surface area contributed by atoms with Crippen molar-refractivity contribution in [1.82, 2.24) is 5.32 Å². The van der Waals surface area contributed by atoms with Crippen LogP contribution in [0.1, 0.15) is 45.4 Å². The van der Waals surface area contributed by atoms with Crippen LogP contribution in [0.5, 0.6) is 0 Å². The van der Waals surface area contributed by atoms with Gasteiger partial charge in [0, 0.05) is 12.6 Å². The highest BCUT2D eigenvalue weighted by Gasteiger charge is 2.22. The molecular formula is C18H27F2N3O. The normalized spacial score (nSPS) is 18.0. The minimum Gasteiger partial charge on any atom is -0.381 e. The van der Waals surface area contributed by atoms with Crippen molar-refractivity contribution in [2.24, 2.45) is 11.7 Å². The van der Waals surface area contributed by atoms with Crippen molar-refractivity contribution >= 4 is 11.6 Å². The average Bonchev–Trinajstić information content (AvgIpc) is 2.56. The molecule has 24 heavy (non-hydrogen) atoms. The van der Waals surface area contributed by atoms with E-state index in [9.17, 15) is 13.6 Å². The molecule has 0 aromatic heterocycles. The molecule has 1 aliphatic rings. The molecule has 1 fully saturated rings. The van der Waals surface area contributed by atoms with E-state index >= 15 is 0 Å². The summed E-state index contributed by atoms with van der Waals surface area (Å²) in [7, 11) is 0. The summed E-state index contributed by atoms with van der Waals surface area (Å²) in [5.74, 6) is -0.682. The van der Waals surface area contributed by atoms with Crippen LogP contribution in [0.2, 0.25) is 0 Å². The van der Waals surface area contributed by atoms with Gasteiger partial charge in [0.15, 0.2) is 0 Å². The molecule has 1 saturated carbocycles. The Kier molecular flexibility index (Phi) is 6.97. The van der Waals surface area contributed by atoms with Crippen LogP contribution in [0.15, 0.2) is 18.2 Å². The number of anilines is 1. The first-order chi connectivity index (χ1) is 11.5. The van der Waals surface area contributed by atoms with E-state index in [0.29, 0.717) is 18.9 Å². The van der Waals surface area contributed by atoms with E-state index in [2.05, 4.69) is 10.6 Å². The predicted octanol–water partition coefficient (Wildman–Crippen LogP) is 3.18. The topological polar surface area (TPSA) is 67.1 Å². The summed E-state index contributed by atoms with van der Waals surface area (Å²) in [4.78, 5) is 12.2. The third-order valence-electron chi connectivity index (χ3n) is 4.56. The first-order valence-corrected chi connectivity index (χ1v) is 8.70. The van der Waals surface area contributed by atoms with Crippen molar-refractivity contribution in [3.8, 4) is 0 Å². The highest BCUT2D eigenvalue weighted by Crippen LogP contribution is 2.27. The van der Waals surface area contributed by atoms with Crippen LogP contribution < -0.4 is 16.4 Å². The first-order valence-electron chi connectivity index (χ1n) is 8.70. The lowest BCUT2D eigenvalue weighted by molar-refractivity contribution is -0.123. The van der Waals surface area contributed by atoms with E-state index in [-0.39, 0.29) is 17.6 Å². The molecule has 0 spiro atoms. The SMILES string of the molecule is C[C@@H](CNc1cc(F)ccc1F)NC(=O)[C@@H](N)CC1CCCCC1. The van der Waals surface area contributed by atoms with Gasteiger partial charge in [-0.3, -0.25) is 4.79 Å². The third-order valence-corrected chi connectivity index (χ3v) is 4.56. The lowest BCUT2D eigenvalue weighted by atomic mass is 9.85. The molecular weight excluding hydrogens is 312 g/mol. The number of carbonyl (C=O) groups excluding carboxylic acids is 1. The van der Waals surface area contributed by atoms with Gasteiger partial charge in [-0.05, 0) is 37.5 Å². The van der Waals surface area contributed by atoms with Gasteiger partial charge in [-0.25, -0.2) is 8.78 Å². The fraction of sp³-hybridized carbons (Fsp3) is 0.611. The standard InChI is InChI=1S/C18H27F2N3O/c1-12(11-22-17-10-14(19)7-8-15(17)20)23-18(24)16(21)9-13-5-3-2-4-6-13/h7-8,10,12-13,16,22H,2-6,9,11,21H2,1H3,(H,23,24)/t12-,16-/m0/s1. The molecule has 6 heteroatoms. The maximum Gasteiger partial charge on any atom is 0.237 e. The maximum atomic E-state index is 13.5. The number of hydrogen-bond donors (Lipinski definition) is 3. The van der Waals surface area contributed by atoms with Crippen LogP contribution in [0.25, 0.3) is 0 Å². The Morgan fingerprint density at radius 2 is 2.00 bits per heavy atom. The van der Waals surface area contributed by atoms with Gasteiger partial charge in [0.25, 0.3) is 0 Å². The molecule has 1 aliphatic carbocycles. The average molecular weight is 339 g/mol. The van der Waals surface area contributed by atoms with Crippen LogP contribution in [0.3, 0.4) is 0 Å². The predicted molar refractivity (Wildman–Crippen MR) is 91.6 cm³/mol. The van der Waals surface area contributed by atoms with Crippen molar-refractivity contribution in [3.05, 3.63) is 29.8 Å². The van der Waals surface area contributed by atoms with Gasteiger partial charge in [0.05, 0.1) is 11.7 Å². The van der Waals surface area contributed by atoms with Crippen molar-refractivity contribution in [2.75, 3.05) is 11.9 Å². The minimum atomic E-state index is -0.524. The first kappa shape index (κ1) is 18.6. The van der Waals surface area contributed by atoms with Gasteiger partial charge < -0.3 is 16.4 Å². The van der Waals surface area contributed by atoms with E-state index in [1.54, 1.807) is 6.92 Å². The van der Waals surface area contributed by atoms with Crippen molar-refractivity contribution < 1.29 is 13.6 Å². The molecule has 0 heterocycles. The van der Waals surface area contributed by atoms with Gasteiger partial charge in [-0.2, -0.15) is 0 Å². The minimum absolute atomic E-state index is 0.0857. The summed E-state index contributed by atoms with van der Waals surface area (Å²) in [5.41, 5.74) is 6.09. The Balaban J connectivity index is 1.75. The molecule has 4 nitrogen and oxygen atoms in total. The molecule has 1 aromatic rings. The second-order valence-electron chi connectivity index (χ2n) is 6.76. The van der Waals surface area contributed by atoms with E-state index in [4.69, 9.17) is 5.73 Å². The highest BCUT2D eigenvalue weighted by molar-refractivity contribution is 5.81. The van der Waals surface area contributed by atoms with E-state index < -0.39 is 17.7 Å². The highest BCUT2D eigenvalue weighted by atomic mass is 19.1. The summed E-state index contributed by atoms with van der Waals surface area (Å²) < 4.78 is 26.7. The molecule has 1 aromatic carbocycles. The van der Waals surface area contributed by atoms with Crippen LogP contribution in [-0.4, -0.2) is 24.5 Å². The Morgan fingerprint density at radius 1 is 1.29 bits per heavy atom. The Labute approximate surface area is 142 Å². The number of halogens is 2. The zero-order valence-corrected chi connectivity index (χ0v) is 14.2. The van der Waals surface area contributed by atoms with Crippen LogP contribution in [0, 0.1) is 17.6 Å².